The van der Waals surface area contributed by atoms with Crippen molar-refractivity contribution in [1.82, 2.24) is 9.80 Å². The molecule has 0 N–H and O–H groups in total. The number of carbonyl (C=O) groups is 1. The molecule has 1 aliphatic heterocycles. The zero-order chi connectivity index (χ0) is 9.84. The molecule has 13 heavy (non-hydrogen) atoms. The molecule has 1 aliphatic rings. The maximum atomic E-state index is 12.0. The lowest BCUT2D eigenvalue weighted by Crippen LogP contribution is -2.50. The fourth-order valence-corrected chi connectivity index (χ4v) is 1.42. The molecule has 76 valence electrons. The number of hydrogen-bond donors (Lipinski definition) is 0. The van der Waals surface area contributed by atoms with E-state index < -0.39 is 12.3 Å². The van der Waals surface area contributed by atoms with E-state index in [9.17, 15) is 13.6 Å². The molecule has 1 rings (SSSR count). The predicted octanol–water partition coefficient (Wildman–Crippen LogP) is 0.416. The normalized spacial score (nSPS) is 19.5. The van der Waals surface area contributed by atoms with Crippen LogP contribution in [0.4, 0.5) is 8.78 Å². The maximum absolute atomic E-state index is 12.0. The molecule has 0 saturated carbocycles. The van der Waals surface area contributed by atoms with Crippen LogP contribution in [0.3, 0.4) is 0 Å². The number of rotatable bonds is 2. The van der Waals surface area contributed by atoms with Gasteiger partial charge in [-0.2, -0.15) is 8.78 Å². The molecule has 0 radical (unpaired) electrons. The van der Waals surface area contributed by atoms with E-state index in [1.54, 1.807) is 0 Å². The summed E-state index contributed by atoms with van der Waals surface area (Å²) in [7, 11) is 0. The summed E-state index contributed by atoms with van der Waals surface area (Å²) in [6.45, 7) is 5.19. The number of nitrogens with zero attached hydrogens (tertiary/aromatic N) is 2. The number of carbonyl (C=O) groups excluding carboxylic acids is 1. The van der Waals surface area contributed by atoms with Gasteiger partial charge in [0, 0.05) is 26.2 Å². The Bertz CT molecular complexity index is 179. The summed E-state index contributed by atoms with van der Waals surface area (Å²) in [6.07, 6.45) is -2.85. The third kappa shape index (κ3) is 2.62. The number of amides is 1. The summed E-state index contributed by atoms with van der Waals surface area (Å²) < 4.78 is 24.0. The molecule has 1 heterocycles. The van der Waals surface area contributed by atoms with Crippen LogP contribution in [-0.4, -0.2) is 54.9 Å². The van der Waals surface area contributed by atoms with Crippen molar-refractivity contribution in [3.05, 3.63) is 0 Å². The third-order valence-corrected chi connectivity index (χ3v) is 2.32. The first-order chi connectivity index (χ1) is 6.15. The van der Waals surface area contributed by atoms with Gasteiger partial charge in [0.2, 0.25) is 0 Å². The first-order valence-electron chi connectivity index (χ1n) is 4.44. The van der Waals surface area contributed by atoms with Crippen molar-refractivity contribution in [3.63, 3.8) is 0 Å². The molecule has 0 unspecified atom stereocenters. The number of alkyl halides is 2. The van der Waals surface area contributed by atoms with E-state index in [1.807, 2.05) is 6.92 Å². The highest BCUT2D eigenvalue weighted by atomic mass is 19.3. The van der Waals surface area contributed by atoms with Gasteiger partial charge < -0.3 is 9.80 Å². The highest BCUT2D eigenvalue weighted by Gasteiger charge is 2.26. The minimum Gasteiger partial charge on any atom is -0.335 e. The van der Waals surface area contributed by atoms with Crippen molar-refractivity contribution in [2.24, 2.45) is 0 Å². The zero-order valence-corrected chi connectivity index (χ0v) is 7.67. The molecule has 1 fully saturated rings. The van der Waals surface area contributed by atoms with E-state index >= 15 is 0 Å². The van der Waals surface area contributed by atoms with Crippen LogP contribution < -0.4 is 0 Å². The lowest BCUT2D eigenvalue weighted by molar-refractivity contribution is -0.144. The molecule has 1 amide bonds. The van der Waals surface area contributed by atoms with E-state index in [2.05, 4.69) is 4.90 Å². The largest absolute Gasteiger partial charge is 0.335 e. The summed E-state index contributed by atoms with van der Waals surface area (Å²) in [4.78, 5) is 14.2. The van der Waals surface area contributed by atoms with Crippen molar-refractivity contribution in [1.29, 1.82) is 0 Å². The Morgan fingerprint density at radius 3 is 2.23 bits per heavy atom. The van der Waals surface area contributed by atoms with Crippen molar-refractivity contribution in [3.8, 4) is 0 Å². The summed E-state index contributed by atoms with van der Waals surface area (Å²) in [5.74, 6) is -1.03. The zero-order valence-electron chi connectivity index (χ0n) is 7.67. The van der Waals surface area contributed by atoms with Gasteiger partial charge in [0.15, 0.2) is 0 Å². The van der Waals surface area contributed by atoms with Gasteiger partial charge in [0.1, 0.15) is 0 Å². The number of hydrogen-bond acceptors (Lipinski definition) is 2. The first-order valence-corrected chi connectivity index (χ1v) is 4.44. The number of piperazine rings is 1. The maximum Gasteiger partial charge on any atom is 0.315 e. The van der Waals surface area contributed by atoms with Crippen molar-refractivity contribution >= 4 is 5.91 Å². The second kappa shape index (κ2) is 4.50. The van der Waals surface area contributed by atoms with Crippen LogP contribution in [0.2, 0.25) is 0 Å². The SMILES string of the molecule is CCN1CCN(C(=O)C(F)F)CC1. The number of likely N-dealkylation sites (N-methyl/N-ethyl adjacent to an activating group) is 1. The molecule has 0 aliphatic carbocycles. The standard InChI is InChI=1S/C8H14F2N2O/c1-2-11-3-5-12(6-4-11)8(13)7(9)10/h7H,2-6H2,1H3. The van der Waals surface area contributed by atoms with Gasteiger partial charge in [-0.3, -0.25) is 4.79 Å². The average Bonchev–Trinajstić information content (AvgIpc) is 2.17. The van der Waals surface area contributed by atoms with Crippen LogP contribution in [0.15, 0.2) is 0 Å². The average molecular weight is 192 g/mol. The van der Waals surface area contributed by atoms with Gasteiger partial charge in [-0.15, -0.1) is 0 Å². The highest BCUT2D eigenvalue weighted by molar-refractivity contribution is 5.79. The molecule has 0 aromatic rings. The monoisotopic (exact) mass is 192 g/mol. The van der Waals surface area contributed by atoms with E-state index in [0.29, 0.717) is 26.2 Å². The van der Waals surface area contributed by atoms with Crippen molar-refractivity contribution < 1.29 is 13.6 Å². The lowest BCUT2D eigenvalue weighted by Gasteiger charge is -2.33. The Balaban J connectivity index is 2.36. The third-order valence-electron chi connectivity index (χ3n) is 2.32. The van der Waals surface area contributed by atoms with E-state index in [4.69, 9.17) is 0 Å². The Morgan fingerprint density at radius 1 is 1.31 bits per heavy atom. The topological polar surface area (TPSA) is 23.6 Å². The fourth-order valence-electron chi connectivity index (χ4n) is 1.42. The fraction of sp³-hybridized carbons (Fsp3) is 0.875. The van der Waals surface area contributed by atoms with Crippen LogP contribution in [0, 0.1) is 0 Å². The molecular formula is C8H14F2N2O. The molecule has 0 aromatic heterocycles. The van der Waals surface area contributed by atoms with Crippen LogP contribution in [0.5, 0.6) is 0 Å². The molecule has 5 heteroatoms. The summed E-state index contributed by atoms with van der Waals surface area (Å²) in [5.41, 5.74) is 0. The van der Waals surface area contributed by atoms with Crippen LogP contribution in [0.1, 0.15) is 6.92 Å². The Labute approximate surface area is 76.3 Å². The molecule has 1 saturated heterocycles. The van der Waals surface area contributed by atoms with E-state index in [-0.39, 0.29) is 0 Å². The summed E-state index contributed by atoms with van der Waals surface area (Å²) in [6, 6.07) is 0. The second-order valence-electron chi connectivity index (χ2n) is 3.06. The first kappa shape index (κ1) is 10.4. The minimum atomic E-state index is -2.85. The van der Waals surface area contributed by atoms with Gasteiger partial charge in [0.05, 0.1) is 0 Å². The molecule has 0 aromatic carbocycles. The molecule has 0 spiro atoms. The highest BCUT2D eigenvalue weighted by Crippen LogP contribution is 2.05. The molecule has 0 bridgehead atoms. The van der Waals surface area contributed by atoms with Crippen molar-refractivity contribution in [2.75, 3.05) is 32.7 Å². The van der Waals surface area contributed by atoms with Crippen LogP contribution in [-0.2, 0) is 4.79 Å². The van der Waals surface area contributed by atoms with Crippen LogP contribution in [0.25, 0.3) is 0 Å². The van der Waals surface area contributed by atoms with Crippen molar-refractivity contribution in [2.45, 2.75) is 13.3 Å². The van der Waals surface area contributed by atoms with Gasteiger partial charge in [0.25, 0.3) is 5.91 Å². The Kier molecular flexibility index (Phi) is 3.59. The summed E-state index contributed by atoms with van der Waals surface area (Å²) >= 11 is 0. The van der Waals surface area contributed by atoms with Gasteiger partial charge in [-0.05, 0) is 6.54 Å². The quantitative estimate of drug-likeness (QED) is 0.633. The van der Waals surface area contributed by atoms with Gasteiger partial charge in [-0.25, -0.2) is 0 Å². The smallest absolute Gasteiger partial charge is 0.315 e. The van der Waals surface area contributed by atoms with Gasteiger partial charge in [-0.1, -0.05) is 6.92 Å². The Morgan fingerprint density at radius 2 is 1.85 bits per heavy atom. The predicted molar refractivity (Wildman–Crippen MR) is 44.7 cm³/mol. The molecule has 0 atom stereocenters. The molecular weight excluding hydrogens is 178 g/mol. The van der Waals surface area contributed by atoms with E-state index in [1.165, 1.54) is 4.90 Å². The second-order valence-corrected chi connectivity index (χ2v) is 3.06. The van der Waals surface area contributed by atoms with E-state index in [0.717, 1.165) is 6.54 Å². The minimum absolute atomic E-state index is 0.428. The Hall–Kier alpha value is -0.710. The summed E-state index contributed by atoms with van der Waals surface area (Å²) in [5, 5.41) is 0. The van der Waals surface area contributed by atoms with Gasteiger partial charge >= 0.3 is 6.43 Å². The lowest BCUT2D eigenvalue weighted by atomic mass is 10.3. The number of halogens is 2. The van der Waals surface area contributed by atoms with Crippen LogP contribution >= 0.6 is 0 Å². The molecule has 3 nitrogen and oxygen atoms in total.